The van der Waals surface area contributed by atoms with Gasteiger partial charge in [-0.3, -0.25) is 4.79 Å². The molecule has 126 valence electrons. The van der Waals surface area contributed by atoms with Crippen molar-refractivity contribution in [2.45, 2.75) is 26.7 Å². The van der Waals surface area contributed by atoms with Crippen LogP contribution in [-0.4, -0.2) is 29.0 Å². The smallest absolute Gasteiger partial charge is 0.275 e. The van der Waals surface area contributed by atoms with E-state index in [0.29, 0.717) is 5.69 Å². The van der Waals surface area contributed by atoms with Crippen molar-refractivity contribution in [2.75, 3.05) is 23.3 Å². The molecule has 0 unspecified atom stereocenters. The van der Waals surface area contributed by atoms with E-state index in [1.807, 2.05) is 25.1 Å². The minimum absolute atomic E-state index is 0.258. The number of amides is 1. The quantitative estimate of drug-likeness (QED) is 0.861. The zero-order valence-corrected chi connectivity index (χ0v) is 15.5. The number of aromatic nitrogens is 2. The monoisotopic (exact) mass is 388 g/mol. The van der Waals surface area contributed by atoms with E-state index in [2.05, 4.69) is 43.0 Å². The summed E-state index contributed by atoms with van der Waals surface area (Å²) in [5.74, 6) is 1.35. The molecule has 5 nitrogen and oxygen atoms in total. The number of aryl methyl sites for hydroxylation is 1. The summed E-state index contributed by atoms with van der Waals surface area (Å²) in [5, 5.41) is 2.86. The van der Waals surface area contributed by atoms with Gasteiger partial charge in [0.05, 0.1) is 18.1 Å². The van der Waals surface area contributed by atoms with Crippen molar-refractivity contribution in [3.8, 4) is 0 Å². The van der Waals surface area contributed by atoms with E-state index >= 15 is 0 Å². The van der Waals surface area contributed by atoms with Gasteiger partial charge in [0.2, 0.25) is 0 Å². The molecular formula is C18H21BrN4O. The van der Waals surface area contributed by atoms with E-state index in [4.69, 9.17) is 0 Å². The molecule has 1 saturated heterocycles. The standard InChI is InChI=1S/C18H21BrN4O/c1-12-5-7-23(8-6-12)17-11-20-16(10-21-17)18(24)22-15-4-3-13(2)9-14(15)19/h3-4,9-12H,5-8H2,1-2H3,(H,22,24). The van der Waals surface area contributed by atoms with Gasteiger partial charge in [0.1, 0.15) is 11.5 Å². The Morgan fingerprint density at radius 1 is 1.25 bits per heavy atom. The minimum atomic E-state index is -0.258. The second kappa shape index (κ2) is 7.30. The Kier molecular flexibility index (Phi) is 5.14. The van der Waals surface area contributed by atoms with Gasteiger partial charge in [0.15, 0.2) is 0 Å². The lowest BCUT2D eigenvalue weighted by atomic mass is 9.99. The molecule has 1 aromatic heterocycles. The molecule has 3 rings (SSSR count). The lowest BCUT2D eigenvalue weighted by Gasteiger charge is -2.30. The summed E-state index contributed by atoms with van der Waals surface area (Å²) in [5.41, 5.74) is 2.16. The highest BCUT2D eigenvalue weighted by Gasteiger charge is 2.18. The van der Waals surface area contributed by atoms with Crippen LogP contribution in [-0.2, 0) is 0 Å². The van der Waals surface area contributed by atoms with Crippen molar-refractivity contribution >= 4 is 33.3 Å². The molecule has 6 heteroatoms. The van der Waals surface area contributed by atoms with Crippen LogP contribution in [0.1, 0.15) is 35.8 Å². The molecule has 1 fully saturated rings. The predicted molar refractivity (Wildman–Crippen MR) is 99.5 cm³/mol. The number of benzene rings is 1. The molecule has 1 N–H and O–H groups in total. The molecule has 0 spiro atoms. The van der Waals surface area contributed by atoms with Crippen molar-refractivity contribution < 1.29 is 4.79 Å². The summed E-state index contributed by atoms with van der Waals surface area (Å²) >= 11 is 3.46. The van der Waals surface area contributed by atoms with Gasteiger partial charge in [-0.05, 0) is 59.3 Å². The van der Waals surface area contributed by atoms with E-state index in [-0.39, 0.29) is 5.91 Å². The number of carbonyl (C=O) groups is 1. The maximum Gasteiger partial charge on any atom is 0.275 e. The Morgan fingerprint density at radius 2 is 2.00 bits per heavy atom. The summed E-state index contributed by atoms with van der Waals surface area (Å²) in [4.78, 5) is 23.3. The third kappa shape index (κ3) is 3.93. The van der Waals surface area contributed by atoms with Crippen LogP contribution < -0.4 is 10.2 Å². The third-order valence-corrected chi connectivity index (χ3v) is 5.01. The van der Waals surface area contributed by atoms with Crippen LogP contribution in [0.4, 0.5) is 11.5 Å². The molecule has 2 aromatic rings. The highest BCUT2D eigenvalue weighted by Crippen LogP contribution is 2.24. The van der Waals surface area contributed by atoms with Crippen LogP contribution in [0.5, 0.6) is 0 Å². The Morgan fingerprint density at radius 3 is 2.62 bits per heavy atom. The second-order valence-electron chi connectivity index (χ2n) is 6.37. The van der Waals surface area contributed by atoms with Crippen LogP contribution in [0, 0.1) is 12.8 Å². The fourth-order valence-corrected chi connectivity index (χ4v) is 3.34. The summed E-state index contributed by atoms with van der Waals surface area (Å²) in [6.45, 7) is 6.27. The largest absolute Gasteiger partial charge is 0.355 e. The molecule has 2 heterocycles. The lowest BCUT2D eigenvalue weighted by molar-refractivity contribution is 0.102. The number of anilines is 2. The van der Waals surface area contributed by atoms with Crippen molar-refractivity contribution in [2.24, 2.45) is 5.92 Å². The highest BCUT2D eigenvalue weighted by molar-refractivity contribution is 9.10. The van der Waals surface area contributed by atoms with Gasteiger partial charge in [-0.2, -0.15) is 0 Å². The number of piperidine rings is 1. The van der Waals surface area contributed by atoms with Crippen molar-refractivity contribution in [1.82, 2.24) is 9.97 Å². The van der Waals surface area contributed by atoms with Crippen molar-refractivity contribution in [3.05, 3.63) is 46.3 Å². The van der Waals surface area contributed by atoms with E-state index in [1.54, 1.807) is 12.4 Å². The predicted octanol–water partition coefficient (Wildman–Crippen LogP) is 4.04. The van der Waals surface area contributed by atoms with Crippen LogP contribution in [0.3, 0.4) is 0 Å². The summed E-state index contributed by atoms with van der Waals surface area (Å²) in [7, 11) is 0. The van der Waals surface area contributed by atoms with Crippen LogP contribution in [0.2, 0.25) is 0 Å². The minimum Gasteiger partial charge on any atom is -0.355 e. The van der Waals surface area contributed by atoms with Gasteiger partial charge in [-0.1, -0.05) is 13.0 Å². The Hall–Kier alpha value is -1.95. The summed E-state index contributed by atoms with van der Waals surface area (Å²) < 4.78 is 0.850. The van der Waals surface area contributed by atoms with Gasteiger partial charge < -0.3 is 10.2 Å². The third-order valence-electron chi connectivity index (χ3n) is 4.35. The fraction of sp³-hybridized carbons (Fsp3) is 0.389. The fourth-order valence-electron chi connectivity index (χ4n) is 2.75. The topological polar surface area (TPSA) is 58.1 Å². The van der Waals surface area contributed by atoms with Gasteiger partial charge in [-0.25, -0.2) is 9.97 Å². The SMILES string of the molecule is Cc1ccc(NC(=O)c2cnc(N3CCC(C)CC3)cn2)c(Br)c1. The number of hydrogen-bond acceptors (Lipinski definition) is 4. The first kappa shape index (κ1) is 16.9. The van der Waals surface area contributed by atoms with Crippen molar-refractivity contribution in [3.63, 3.8) is 0 Å². The van der Waals surface area contributed by atoms with E-state index in [1.165, 1.54) is 12.8 Å². The molecule has 0 aliphatic carbocycles. The van der Waals surface area contributed by atoms with Gasteiger partial charge in [0, 0.05) is 17.6 Å². The molecule has 1 aromatic carbocycles. The molecule has 0 atom stereocenters. The van der Waals surface area contributed by atoms with Crippen molar-refractivity contribution in [1.29, 1.82) is 0 Å². The molecule has 0 bridgehead atoms. The Labute approximate surface area is 150 Å². The Balaban J connectivity index is 1.67. The lowest BCUT2D eigenvalue weighted by Crippen LogP contribution is -2.33. The van der Waals surface area contributed by atoms with Gasteiger partial charge in [0.25, 0.3) is 5.91 Å². The molecule has 0 radical (unpaired) electrons. The van der Waals surface area contributed by atoms with Gasteiger partial charge >= 0.3 is 0 Å². The molecule has 1 aliphatic rings. The first-order valence-electron chi connectivity index (χ1n) is 8.17. The maximum absolute atomic E-state index is 12.3. The van der Waals surface area contributed by atoms with Gasteiger partial charge in [-0.15, -0.1) is 0 Å². The molecule has 1 amide bonds. The maximum atomic E-state index is 12.3. The number of halogens is 1. The number of hydrogen-bond donors (Lipinski definition) is 1. The normalized spacial score (nSPS) is 15.4. The second-order valence-corrected chi connectivity index (χ2v) is 7.22. The number of carbonyl (C=O) groups excluding carboxylic acids is 1. The van der Waals surface area contributed by atoms with E-state index < -0.39 is 0 Å². The number of nitrogens with zero attached hydrogens (tertiary/aromatic N) is 3. The summed E-state index contributed by atoms with van der Waals surface area (Å²) in [6, 6.07) is 5.78. The molecule has 1 aliphatic heterocycles. The van der Waals surface area contributed by atoms with Crippen LogP contribution in [0.15, 0.2) is 35.1 Å². The molecular weight excluding hydrogens is 368 g/mol. The average molecular weight is 389 g/mol. The first-order valence-corrected chi connectivity index (χ1v) is 8.97. The number of rotatable bonds is 3. The average Bonchev–Trinajstić information content (AvgIpc) is 2.58. The van der Waals surface area contributed by atoms with E-state index in [0.717, 1.165) is 40.5 Å². The zero-order chi connectivity index (χ0) is 17.1. The summed E-state index contributed by atoms with van der Waals surface area (Å²) in [6.07, 6.45) is 5.58. The molecule has 24 heavy (non-hydrogen) atoms. The highest BCUT2D eigenvalue weighted by atomic mass is 79.9. The van der Waals surface area contributed by atoms with Crippen LogP contribution in [0.25, 0.3) is 0 Å². The zero-order valence-electron chi connectivity index (χ0n) is 13.9. The number of nitrogens with one attached hydrogen (secondary N) is 1. The van der Waals surface area contributed by atoms with Crippen LogP contribution >= 0.6 is 15.9 Å². The first-order chi connectivity index (χ1) is 11.5. The van der Waals surface area contributed by atoms with E-state index in [9.17, 15) is 4.79 Å². The Bertz CT molecular complexity index is 724. The molecule has 0 saturated carbocycles.